The highest BCUT2D eigenvalue weighted by Gasteiger charge is 2.28. The summed E-state index contributed by atoms with van der Waals surface area (Å²) in [5.74, 6) is 0.531. The predicted octanol–water partition coefficient (Wildman–Crippen LogP) is 1.70. The molecule has 1 aromatic carbocycles. The Hall–Kier alpha value is -1.94. The summed E-state index contributed by atoms with van der Waals surface area (Å²) in [4.78, 5) is 16.3. The van der Waals surface area contributed by atoms with Gasteiger partial charge in [-0.1, -0.05) is 6.07 Å². The molecule has 1 aromatic heterocycles. The molecule has 3 rings (SSSR count). The number of nitrogens with two attached hydrogens (primary N) is 1. The Labute approximate surface area is 112 Å². The first-order valence-corrected chi connectivity index (χ1v) is 6.62. The monoisotopic (exact) mass is 255 g/mol. The molecule has 1 heterocycles. The van der Waals surface area contributed by atoms with E-state index in [0.717, 1.165) is 10.9 Å². The first kappa shape index (κ1) is 12.1. The number of rotatable bonds is 4. The molecule has 98 valence electrons. The molecule has 0 aliphatic heterocycles. The molecule has 1 amide bonds. The number of amides is 1. The minimum atomic E-state index is -0.0677. The van der Waals surface area contributed by atoms with Gasteiger partial charge in [0.1, 0.15) is 0 Å². The average molecular weight is 255 g/mol. The second-order valence-corrected chi connectivity index (χ2v) is 5.12. The highest BCUT2D eigenvalue weighted by Crippen LogP contribution is 2.31. The van der Waals surface area contributed by atoms with Gasteiger partial charge in [-0.15, -0.1) is 0 Å². The zero-order valence-corrected chi connectivity index (χ0v) is 10.7. The maximum atomic E-state index is 12.0. The van der Waals surface area contributed by atoms with E-state index in [4.69, 9.17) is 5.73 Å². The predicted molar refractivity (Wildman–Crippen MR) is 74.8 cm³/mol. The topological polar surface area (TPSA) is 68.0 Å². The molecule has 1 unspecified atom stereocenters. The van der Waals surface area contributed by atoms with Crippen LogP contribution in [0.1, 0.15) is 23.2 Å². The van der Waals surface area contributed by atoms with Gasteiger partial charge in [0.05, 0.1) is 5.52 Å². The van der Waals surface area contributed by atoms with E-state index in [1.165, 1.54) is 12.8 Å². The third kappa shape index (κ3) is 2.74. The third-order valence-electron chi connectivity index (χ3n) is 3.59. The number of benzene rings is 1. The normalized spacial score (nSPS) is 16.3. The van der Waals surface area contributed by atoms with Crippen molar-refractivity contribution in [3.63, 3.8) is 0 Å². The van der Waals surface area contributed by atoms with Gasteiger partial charge in [-0.3, -0.25) is 9.78 Å². The Kier molecular flexibility index (Phi) is 3.17. The molecule has 0 saturated heterocycles. The summed E-state index contributed by atoms with van der Waals surface area (Å²) < 4.78 is 0. The number of nitrogens with zero attached hydrogens (tertiary/aromatic N) is 1. The lowest BCUT2D eigenvalue weighted by Gasteiger charge is -2.11. The summed E-state index contributed by atoms with van der Waals surface area (Å²) in [6.45, 7) is 0.550. The van der Waals surface area contributed by atoms with E-state index in [2.05, 4.69) is 10.3 Å². The number of aromatic nitrogens is 1. The zero-order valence-electron chi connectivity index (χ0n) is 10.7. The van der Waals surface area contributed by atoms with Gasteiger partial charge >= 0.3 is 0 Å². The molecular weight excluding hydrogens is 238 g/mol. The van der Waals surface area contributed by atoms with Gasteiger partial charge in [-0.05, 0) is 43.0 Å². The quantitative estimate of drug-likeness (QED) is 0.873. The van der Waals surface area contributed by atoms with Crippen LogP contribution in [-0.4, -0.2) is 23.5 Å². The van der Waals surface area contributed by atoms with E-state index in [0.29, 0.717) is 18.0 Å². The summed E-state index contributed by atoms with van der Waals surface area (Å²) in [5, 5.41) is 3.87. The fourth-order valence-corrected chi connectivity index (χ4v) is 2.22. The van der Waals surface area contributed by atoms with Gasteiger partial charge in [-0.25, -0.2) is 0 Å². The van der Waals surface area contributed by atoms with Gasteiger partial charge in [0.15, 0.2) is 0 Å². The summed E-state index contributed by atoms with van der Waals surface area (Å²) in [7, 11) is 0. The summed E-state index contributed by atoms with van der Waals surface area (Å²) in [5.41, 5.74) is 7.52. The van der Waals surface area contributed by atoms with Gasteiger partial charge in [0.25, 0.3) is 5.91 Å². The molecule has 0 bridgehead atoms. The van der Waals surface area contributed by atoms with Crippen molar-refractivity contribution in [1.82, 2.24) is 10.3 Å². The lowest BCUT2D eigenvalue weighted by atomic mass is 10.1. The molecule has 3 N–H and O–H groups in total. The molecule has 19 heavy (non-hydrogen) atoms. The van der Waals surface area contributed by atoms with Gasteiger partial charge < -0.3 is 11.1 Å². The summed E-state index contributed by atoms with van der Waals surface area (Å²) in [6.07, 6.45) is 4.13. The van der Waals surface area contributed by atoms with Crippen LogP contribution in [0.5, 0.6) is 0 Å². The van der Waals surface area contributed by atoms with Crippen molar-refractivity contribution in [2.75, 3.05) is 6.54 Å². The lowest BCUT2D eigenvalue weighted by molar-refractivity contribution is 0.0950. The maximum Gasteiger partial charge on any atom is 0.251 e. The van der Waals surface area contributed by atoms with Crippen molar-refractivity contribution in [3.8, 4) is 0 Å². The van der Waals surface area contributed by atoms with Crippen molar-refractivity contribution < 1.29 is 4.79 Å². The van der Waals surface area contributed by atoms with E-state index < -0.39 is 0 Å². The van der Waals surface area contributed by atoms with E-state index in [1.54, 1.807) is 12.3 Å². The van der Waals surface area contributed by atoms with Crippen LogP contribution in [0.25, 0.3) is 10.9 Å². The second-order valence-electron chi connectivity index (χ2n) is 5.12. The number of carbonyl (C=O) groups is 1. The van der Waals surface area contributed by atoms with E-state index >= 15 is 0 Å². The van der Waals surface area contributed by atoms with Crippen molar-refractivity contribution in [1.29, 1.82) is 0 Å². The van der Waals surface area contributed by atoms with Crippen LogP contribution in [0.15, 0.2) is 36.5 Å². The zero-order chi connectivity index (χ0) is 13.2. The molecule has 2 aromatic rings. The van der Waals surface area contributed by atoms with Crippen LogP contribution >= 0.6 is 0 Å². The fourth-order valence-electron chi connectivity index (χ4n) is 2.22. The van der Waals surface area contributed by atoms with Crippen LogP contribution in [0.4, 0.5) is 0 Å². The Morgan fingerprint density at radius 3 is 3.05 bits per heavy atom. The first-order chi connectivity index (χ1) is 9.24. The SMILES string of the molecule is NC(CNC(=O)c1ccc2ncccc2c1)C1CC1. The Morgan fingerprint density at radius 1 is 1.42 bits per heavy atom. The summed E-state index contributed by atoms with van der Waals surface area (Å²) >= 11 is 0. The summed E-state index contributed by atoms with van der Waals surface area (Å²) in [6, 6.07) is 9.44. The van der Waals surface area contributed by atoms with Crippen molar-refractivity contribution in [2.24, 2.45) is 11.7 Å². The fraction of sp³-hybridized carbons (Fsp3) is 0.333. The van der Waals surface area contributed by atoms with Crippen LogP contribution in [0.3, 0.4) is 0 Å². The molecular formula is C15H17N3O. The average Bonchev–Trinajstić information content (AvgIpc) is 3.28. The van der Waals surface area contributed by atoms with Gasteiger partial charge in [0.2, 0.25) is 0 Å². The Bertz CT molecular complexity index is 607. The number of hydrogen-bond acceptors (Lipinski definition) is 3. The lowest BCUT2D eigenvalue weighted by Crippen LogP contribution is -2.38. The molecule has 4 heteroatoms. The smallest absolute Gasteiger partial charge is 0.251 e. The van der Waals surface area contributed by atoms with Crippen LogP contribution < -0.4 is 11.1 Å². The highest BCUT2D eigenvalue weighted by atomic mass is 16.1. The molecule has 1 aliphatic rings. The van der Waals surface area contributed by atoms with Crippen LogP contribution in [-0.2, 0) is 0 Å². The largest absolute Gasteiger partial charge is 0.350 e. The van der Waals surface area contributed by atoms with Crippen molar-refractivity contribution in [3.05, 3.63) is 42.1 Å². The Balaban J connectivity index is 1.70. The van der Waals surface area contributed by atoms with E-state index in [1.807, 2.05) is 24.3 Å². The second kappa shape index (κ2) is 4.97. The molecule has 1 aliphatic carbocycles. The number of pyridine rings is 1. The first-order valence-electron chi connectivity index (χ1n) is 6.62. The number of carbonyl (C=O) groups excluding carboxylic acids is 1. The molecule has 1 saturated carbocycles. The number of nitrogens with one attached hydrogen (secondary N) is 1. The minimum Gasteiger partial charge on any atom is -0.350 e. The van der Waals surface area contributed by atoms with Crippen LogP contribution in [0.2, 0.25) is 0 Å². The Morgan fingerprint density at radius 2 is 2.26 bits per heavy atom. The molecule has 1 atom stereocenters. The standard InChI is InChI=1S/C15H17N3O/c16-13(10-3-4-10)9-18-15(19)12-5-6-14-11(8-12)2-1-7-17-14/h1-2,5-8,10,13H,3-4,9,16H2,(H,18,19). The maximum absolute atomic E-state index is 12.0. The number of hydrogen-bond donors (Lipinski definition) is 2. The van der Waals surface area contributed by atoms with Gasteiger partial charge in [-0.2, -0.15) is 0 Å². The van der Waals surface area contributed by atoms with Gasteiger partial charge in [0, 0.05) is 29.7 Å². The molecule has 4 nitrogen and oxygen atoms in total. The van der Waals surface area contributed by atoms with Crippen molar-refractivity contribution in [2.45, 2.75) is 18.9 Å². The third-order valence-corrected chi connectivity index (χ3v) is 3.59. The molecule has 0 spiro atoms. The number of fused-ring (bicyclic) bond motifs is 1. The van der Waals surface area contributed by atoms with Crippen molar-refractivity contribution >= 4 is 16.8 Å². The van der Waals surface area contributed by atoms with Crippen LogP contribution in [0, 0.1) is 5.92 Å². The minimum absolute atomic E-state index is 0.0677. The molecule has 1 fully saturated rings. The van der Waals surface area contributed by atoms with E-state index in [9.17, 15) is 4.79 Å². The highest BCUT2D eigenvalue weighted by molar-refractivity contribution is 5.97. The van der Waals surface area contributed by atoms with E-state index in [-0.39, 0.29) is 11.9 Å². The molecule has 0 radical (unpaired) electrons.